The van der Waals surface area contributed by atoms with Crippen molar-refractivity contribution >= 4 is 17.3 Å². The monoisotopic (exact) mass is 352 g/mol. The molecule has 1 aromatic heterocycles. The molecule has 2 aromatic rings. The van der Waals surface area contributed by atoms with E-state index in [4.69, 9.17) is 0 Å². The molecular formula is C17H22F2N4S. The van der Waals surface area contributed by atoms with Crippen molar-refractivity contribution < 1.29 is 8.78 Å². The van der Waals surface area contributed by atoms with Crippen LogP contribution in [0.4, 0.5) is 8.78 Å². The molecule has 0 aliphatic heterocycles. The van der Waals surface area contributed by atoms with E-state index in [9.17, 15) is 8.78 Å². The highest BCUT2D eigenvalue weighted by molar-refractivity contribution is 7.11. The van der Waals surface area contributed by atoms with Crippen molar-refractivity contribution in [2.24, 2.45) is 4.99 Å². The molecular weight excluding hydrogens is 330 g/mol. The van der Waals surface area contributed by atoms with Gasteiger partial charge in [-0.3, -0.25) is 0 Å². The Morgan fingerprint density at radius 2 is 2.04 bits per heavy atom. The van der Waals surface area contributed by atoms with Gasteiger partial charge in [-0.1, -0.05) is 6.07 Å². The van der Waals surface area contributed by atoms with Crippen LogP contribution >= 0.6 is 11.3 Å². The van der Waals surface area contributed by atoms with E-state index in [1.54, 1.807) is 17.4 Å². The average Bonchev–Trinajstić information content (AvgIpc) is 2.86. The molecule has 24 heavy (non-hydrogen) atoms. The summed E-state index contributed by atoms with van der Waals surface area (Å²) in [7, 11) is 0. The third-order valence-electron chi connectivity index (χ3n) is 3.59. The lowest BCUT2D eigenvalue weighted by atomic mass is 10.1. The summed E-state index contributed by atoms with van der Waals surface area (Å²) >= 11 is 1.63. The van der Waals surface area contributed by atoms with Crippen LogP contribution in [0.2, 0.25) is 0 Å². The molecule has 1 unspecified atom stereocenters. The van der Waals surface area contributed by atoms with Gasteiger partial charge >= 0.3 is 0 Å². The second-order valence-electron chi connectivity index (χ2n) is 5.48. The van der Waals surface area contributed by atoms with Crippen molar-refractivity contribution in [1.29, 1.82) is 0 Å². The zero-order valence-corrected chi connectivity index (χ0v) is 15.1. The molecule has 7 heteroatoms. The van der Waals surface area contributed by atoms with Crippen LogP contribution in [-0.4, -0.2) is 17.5 Å². The Morgan fingerprint density at radius 3 is 2.62 bits per heavy atom. The number of aliphatic imine (C=N–C) groups is 1. The molecule has 2 rings (SSSR count). The molecule has 0 saturated heterocycles. The molecule has 0 radical (unpaired) electrons. The van der Waals surface area contributed by atoms with Gasteiger partial charge in [-0.2, -0.15) is 0 Å². The third kappa shape index (κ3) is 4.74. The summed E-state index contributed by atoms with van der Waals surface area (Å²) in [6, 6.07) is 3.68. The first kappa shape index (κ1) is 18.3. The maximum absolute atomic E-state index is 13.4. The fraction of sp³-hybridized carbons (Fsp3) is 0.412. The minimum absolute atomic E-state index is 0.210. The number of hydrogen-bond acceptors (Lipinski definition) is 3. The van der Waals surface area contributed by atoms with Crippen LogP contribution in [0.5, 0.6) is 0 Å². The number of thiazole rings is 1. The minimum atomic E-state index is -0.850. The number of aromatic nitrogens is 1. The number of halogens is 2. The number of nitrogens with zero attached hydrogens (tertiary/aromatic N) is 2. The summed E-state index contributed by atoms with van der Waals surface area (Å²) in [6.07, 6.45) is 0. The lowest BCUT2D eigenvalue weighted by molar-refractivity contribution is 0.504. The predicted molar refractivity (Wildman–Crippen MR) is 94.3 cm³/mol. The number of nitrogens with one attached hydrogen (secondary N) is 2. The van der Waals surface area contributed by atoms with Crippen LogP contribution in [-0.2, 0) is 6.54 Å². The molecule has 0 aliphatic rings. The zero-order valence-electron chi connectivity index (χ0n) is 14.3. The van der Waals surface area contributed by atoms with Gasteiger partial charge in [0.15, 0.2) is 17.6 Å². The van der Waals surface area contributed by atoms with E-state index in [2.05, 4.69) is 20.6 Å². The first-order valence-electron chi connectivity index (χ1n) is 7.83. The third-order valence-corrected chi connectivity index (χ3v) is 4.64. The van der Waals surface area contributed by atoms with Crippen LogP contribution in [0.25, 0.3) is 0 Å². The van der Waals surface area contributed by atoms with E-state index >= 15 is 0 Å². The van der Waals surface area contributed by atoms with E-state index in [1.807, 2.05) is 27.7 Å². The number of hydrogen-bond donors (Lipinski definition) is 2. The second kappa shape index (κ2) is 8.19. The molecule has 2 N–H and O–H groups in total. The number of aryl methyl sites for hydroxylation is 2. The number of guanidine groups is 1. The quantitative estimate of drug-likeness (QED) is 0.635. The van der Waals surface area contributed by atoms with Crippen LogP contribution in [0, 0.1) is 25.5 Å². The standard InChI is InChI=1S/C17H22F2N4S/c1-5-20-17(21-9-16-22-10(2)12(4)24-16)23-11(3)13-6-7-14(18)15(19)8-13/h6-8,11H,5,9H2,1-4H3,(H2,20,21,23). The van der Waals surface area contributed by atoms with Gasteiger partial charge in [-0.05, 0) is 45.4 Å². The molecule has 0 aliphatic carbocycles. The van der Waals surface area contributed by atoms with Gasteiger partial charge in [0.05, 0.1) is 18.3 Å². The lowest BCUT2D eigenvalue weighted by Gasteiger charge is -2.18. The number of benzene rings is 1. The van der Waals surface area contributed by atoms with Crippen molar-refractivity contribution in [3.05, 3.63) is 51.0 Å². The number of rotatable bonds is 5. The fourth-order valence-corrected chi connectivity index (χ4v) is 3.00. The molecule has 0 bridgehead atoms. The molecule has 1 atom stereocenters. The van der Waals surface area contributed by atoms with E-state index < -0.39 is 11.6 Å². The normalized spacial score (nSPS) is 13.0. The summed E-state index contributed by atoms with van der Waals surface area (Å²) in [5.41, 5.74) is 1.68. The Hall–Kier alpha value is -2.02. The SMILES string of the molecule is CCNC(=NCc1nc(C)c(C)s1)NC(C)c1ccc(F)c(F)c1. The van der Waals surface area contributed by atoms with Gasteiger partial charge in [0.1, 0.15) is 5.01 Å². The molecule has 0 amide bonds. The van der Waals surface area contributed by atoms with Gasteiger partial charge in [0, 0.05) is 11.4 Å². The summed E-state index contributed by atoms with van der Waals surface area (Å²) in [6.45, 7) is 9.03. The van der Waals surface area contributed by atoms with Gasteiger partial charge in [-0.15, -0.1) is 11.3 Å². The summed E-state index contributed by atoms with van der Waals surface area (Å²) in [5.74, 6) is -1.09. The van der Waals surface area contributed by atoms with Gasteiger partial charge < -0.3 is 10.6 Å². The van der Waals surface area contributed by atoms with E-state index in [-0.39, 0.29) is 6.04 Å². The molecule has 1 heterocycles. The van der Waals surface area contributed by atoms with E-state index in [0.29, 0.717) is 24.6 Å². The van der Waals surface area contributed by atoms with Crippen LogP contribution < -0.4 is 10.6 Å². The van der Waals surface area contributed by atoms with Crippen molar-refractivity contribution in [3.63, 3.8) is 0 Å². The highest BCUT2D eigenvalue weighted by Gasteiger charge is 2.11. The first-order chi connectivity index (χ1) is 11.4. The van der Waals surface area contributed by atoms with E-state index in [1.165, 1.54) is 10.9 Å². The summed E-state index contributed by atoms with van der Waals surface area (Å²) in [4.78, 5) is 10.2. The van der Waals surface area contributed by atoms with Crippen molar-refractivity contribution in [1.82, 2.24) is 15.6 Å². The highest BCUT2D eigenvalue weighted by atomic mass is 32.1. The average molecular weight is 352 g/mol. The maximum Gasteiger partial charge on any atom is 0.192 e. The van der Waals surface area contributed by atoms with Gasteiger partial charge in [0.2, 0.25) is 0 Å². The van der Waals surface area contributed by atoms with Crippen LogP contribution in [0.3, 0.4) is 0 Å². The maximum atomic E-state index is 13.4. The minimum Gasteiger partial charge on any atom is -0.357 e. The lowest BCUT2D eigenvalue weighted by Crippen LogP contribution is -2.38. The first-order valence-corrected chi connectivity index (χ1v) is 8.65. The van der Waals surface area contributed by atoms with Crippen molar-refractivity contribution in [2.45, 2.75) is 40.3 Å². The Bertz CT molecular complexity index is 708. The zero-order chi connectivity index (χ0) is 17.7. The summed E-state index contributed by atoms with van der Waals surface area (Å²) < 4.78 is 26.4. The van der Waals surface area contributed by atoms with Crippen LogP contribution in [0.15, 0.2) is 23.2 Å². The highest BCUT2D eigenvalue weighted by Crippen LogP contribution is 2.18. The molecule has 130 valence electrons. The smallest absolute Gasteiger partial charge is 0.192 e. The van der Waals surface area contributed by atoms with Crippen molar-refractivity contribution in [3.8, 4) is 0 Å². The molecule has 0 spiro atoms. The Morgan fingerprint density at radius 1 is 1.29 bits per heavy atom. The largest absolute Gasteiger partial charge is 0.357 e. The predicted octanol–water partition coefficient (Wildman–Crippen LogP) is 3.85. The molecule has 0 fully saturated rings. The van der Waals surface area contributed by atoms with Crippen molar-refractivity contribution in [2.75, 3.05) is 6.54 Å². The molecule has 1 aromatic carbocycles. The summed E-state index contributed by atoms with van der Waals surface area (Å²) in [5, 5.41) is 7.29. The van der Waals surface area contributed by atoms with Gasteiger partial charge in [-0.25, -0.2) is 18.8 Å². The Kier molecular flexibility index (Phi) is 6.25. The fourth-order valence-electron chi connectivity index (χ4n) is 2.14. The Labute approximate surface area is 145 Å². The van der Waals surface area contributed by atoms with E-state index in [0.717, 1.165) is 16.8 Å². The Balaban J connectivity index is 2.08. The van der Waals surface area contributed by atoms with Gasteiger partial charge in [0.25, 0.3) is 0 Å². The molecule has 0 saturated carbocycles. The topological polar surface area (TPSA) is 49.3 Å². The van der Waals surface area contributed by atoms with Crippen LogP contribution in [0.1, 0.15) is 41.0 Å². The molecule has 4 nitrogen and oxygen atoms in total. The second-order valence-corrected chi connectivity index (χ2v) is 6.77.